The number of hydrogen-bond acceptors (Lipinski definition) is 8. The summed E-state index contributed by atoms with van der Waals surface area (Å²) < 4.78 is 6.73. The Balaban J connectivity index is 1.89. The van der Waals surface area contributed by atoms with Gasteiger partial charge in [-0.3, -0.25) is 19.1 Å². The van der Waals surface area contributed by atoms with Crippen LogP contribution in [0.5, 0.6) is 0 Å². The van der Waals surface area contributed by atoms with Gasteiger partial charge in [-0.15, -0.1) is 0 Å². The molecule has 1 aliphatic rings. The van der Waals surface area contributed by atoms with Crippen LogP contribution < -0.4 is 21.9 Å². The number of piperazine rings is 1. The first-order chi connectivity index (χ1) is 15.8. The third-order valence-electron chi connectivity index (χ3n) is 5.00. The molecule has 3 rings (SSSR count). The number of amides is 2. The standard InChI is InChI=1S/C21H26Cl2N6O4S/c1-21(2,3)33-20(32)29-9-8-28(10-12(29)17(25)30)19-26-16(24)15(18(31)27(19)4)34-13-7-5-6-11(22)14(13)23/h5-7,12H,8-10,24H2,1-4H3,(H2,25,30)/t12-/m0/s1. The third-order valence-corrected chi connectivity index (χ3v) is 7.08. The van der Waals surface area contributed by atoms with Crippen molar-refractivity contribution in [1.29, 1.82) is 0 Å². The molecule has 13 heteroatoms. The smallest absolute Gasteiger partial charge is 0.411 e. The Morgan fingerprint density at radius 2 is 1.91 bits per heavy atom. The van der Waals surface area contributed by atoms with Crippen LogP contribution in [-0.2, 0) is 16.6 Å². The highest BCUT2D eigenvalue weighted by Crippen LogP contribution is 2.37. The Bertz CT molecular complexity index is 1180. The average molecular weight is 529 g/mol. The molecule has 0 saturated carbocycles. The van der Waals surface area contributed by atoms with E-state index in [2.05, 4.69) is 4.98 Å². The van der Waals surface area contributed by atoms with Gasteiger partial charge in [0.15, 0.2) is 0 Å². The molecule has 1 atom stereocenters. The van der Waals surface area contributed by atoms with E-state index in [-0.39, 0.29) is 36.3 Å². The lowest BCUT2D eigenvalue weighted by molar-refractivity contribution is -0.123. The summed E-state index contributed by atoms with van der Waals surface area (Å²) in [6.45, 7) is 5.67. The van der Waals surface area contributed by atoms with Gasteiger partial charge in [0.05, 0.1) is 16.6 Å². The Kier molecular flexibility index (Phi) is 7.59. The van der Waals surface area contributed by atoms with E-state index in [1.165, 1.54) is 9.47 Å². The summed E-state index contributed by atoms with van der Waals surface area (Å²) in [7, 11) is 1.55. The molecule has 2 heterocycles. The van der Waals surface area contributed by atoms with Crippen LogP contribution in [0, 0.1) is 0 Å². The summed E-state index contributed by atoms with van der Waals surface area (Å²) in [5.41, 5.74) is 10.6. The van der Waals surface area contributed by atoms with E-state index in [1.54, 1.807) is 50.9 Å². The van der Waals surface area contributed by atoms with Crippen molar-refractivity contribution in [3.8, 4) is 0 Å². The van der Waals surface area contributed by atoms with E-state index in [9.17, 15) is 14.4 Å². The van der Waals surface area contributed by atoms with Crippen molar-refractivity contribution in [1.82, 2.24) is 14.5 Å². The minimum Gasteiger partial charge on any atom is -0.444 e. The molecule has 34 heavy (non-hydrogen) atoms. The topological polar surface area (TPSA) is 137 Å². The normalized spacial score (nSPS) is 16.5. The Labute approximate surface area is 211 Å². The number of rotatable bonds is 4. The number of primary amides is 1. The molecule has 0 radical (unpaired) electrons. The average Bonchev–Trinajstić information content (AvgIpc) is 2.75. The van der Waals surface area contributed by atoms with E-state index in [1.807, 2.05) is 0 Å². The molecule has 0 bridgehead atoms. The Morgan fingerprint density at radius 3 is 2.53 bits per heavy atom. The van der Waals surface area contributed by atoms with Crippen LogP contribution in [0.4, 0.5) is 16.6 Å². The number of hydrogen-bond donors (Lipinski definition) is 2. The van der Waals surface area contributed by atoms with Gasteiger partial charge < -0.3 is 21.1 Å². The lowest BCUT2D eigenvalue weighted by Gasteiger charge is -2.40. The van der Waals surface area contributed by atoms with Crippen LogP contribution in [0.3, 0.4) is 0 Å². The number of benzene rings is 1. The van der Waals surface area contributed by atoms with Gasteiger partial charge in [-0.1, -0.05) is 41.0 Å². The Morgan fingerprint density at radius 1 is 1.24 bits per heavy atom. The van der Waals surface area contributed by atoms with Crippen LogP contribution in [-0.4, -0.2) is 57.7 Å². The highest BCUT2D eigenvalue weighted by Gasteiger charge is 2.37. The van der Waals surface area contributed by atoms with Crippen molar-refractivity contribution in [2.24, 2.45) is 12.8 Å². The van der Waals surface area contributed by atoms with Gasteiger partial charge in [0.2, 0.25) is 11.9 Å². The van der Waals surface area contributed by atoms with E-state index in [0.717, 1.165) is 11.8 Å². The maximum Gasteiger partial charge on any atom is 0.411 e. The van der Waals surface area contributed by atoms with E-state index in [0.29, 0.717) is 14.9 Å². The number of nitrogen functional groups attached to an aromatic ring is 1. The molecule has 2 aromatic rings. The fourth-order valence-corrected chi connectivity index (χ4v) is 4.80. The molecule has 0 spiro atoms. The number of carbonyl (C=O) groups excluding carboxylic acids is 2. The first-order valence-electron chi connectivity index (χ1n) is 10.3. The van der Waals surface area contributed by atoms with E-state index < -0.39 is 29.2 Å². The molecule has 0 unspecified atom stereocenters. The second-order valence-corrected chi connectivity index (χ2v) is 10.5. The van der Waals surface area contributed by atoms with Crippen LogP contribution in [0.2, 0.25) is 10.0 Å². The van der Waals surface area contributed by atoms with Crippen LogP contribution in [0.25, 0.3) is 0 Å². The maximum absolute atomic E-state index is 13.1. The van der Waals surface area contributed by atoms with Gasteiger partial charge in [0, 0.05) is 25.0 Å². The molecule has 184 valence electrons. The van der Waals surface area contributed by atoms with Crippen LogP contribution >= 0.6 is 35.0 Å². The van der Waals surface area contributed by atoms with Gasteiger partial charge in [-0.2, -0.15) is 4.98 Å². The zero-order valence-electron chi connectivity index (χ0n) is 19.2. The number of halogens is 2. The number of nitrogens with two attached hydrogens (primary N) is 2. The Hall–Kier alpha value is -2.63. The summed E-state index contributed by atoms with van der Waals surface area (Å²) in [6.07, 6.45) is -0.637. The van der Waals surface area contributed by atoms with Gasteiger partial charge in [-0.05, 0) is 32.9 Å². The fourth-order valence-electron chi connectivity index (χ4n) is 3.38. The second-order valence-electron chi connectivity index (χ2n) is 8.68. The van der Waals surface area contributed by atoms with E-state index >= 15 is 0 Å². The first-order valence-corrected chi connectivity index (χ1v) is 11.9. The second kappa shape index (κ2) is 9.93. The summed E-state index contributed by atoms with van der Waals surface area (Å²) in [5.74, 6) is -0.445. The van der Waals surface area contributed by atoms with Gasteiger partial charge in [0.25, 0.3) is 5.56 Å². The summed E-state index contributed by atoms with van der Waals surface area (Å²) >= 11 is 13.4. The zero-order chi connectivity index (χ0) is 25.4. The number of anilines is 2. The van der Waals surface area contributed by atoms with Crippen molar-refractivity contribution in [2.75, 3.05) is 30.3 Å². The van der Waals surface area contributed by atoms with Gasteiger partial charge in [-0.25, -0.2) is 4.79 Å². The van der Waals surface area contributed by atoms with Crippen molar-refractivity contribution < 1.29 is 14.3 Å². The van der Waals surface area contributed by atoms with Gasteiger partial charge in [0.1, 0.15) is 22.4 Å². The summed E-state index contributed by atoms with van der Waals surface area (Å²) in [4.78, 5) is 46.0. The van der Waals surface area contributed by atoms with Crippen molar-refractivity contribution in [3.05, 3.63) is 38.6 Å². The number of ether oxygens (including phenoxy) is 1. The quantitative estimate of drug-likeness (QED) is 0.617. The number of nitrogens with zero attached hydrogens (tertiary/aromatic N) is 4. The molecule has 2 amide bonds. The third kappa shape index (κ3) is 5.53. The molecule has 1 aliphatic heterocycles. The largest absolute Gasteiger partial charge is 0.444 e. The highest BCUT2D eigenvalue weighted by atomic mass is 35.5. The molecule has 1 fully saturated rings. The van der Waals surface area contributed by atoms with Crippen molar-refractivity contribution in [2.45, 2.75) is 42.2 Å². The molecule has 1 aromatic heterocycles. The van der Waals surface area contributed by atoms with Crippen LogP contribution in [0.1, 0.15) is 20.8 Å². The van der Waals surface area contributed by atoms with Crippen molar-refractivity contribution in [3.63, 3.8) is 0 Å². The SMILES string of the molecule is Cn1c(N2CCN(C(=O)OC(C)(C)C)[C@H](C(N)=O)C2)nc(N)c(Sc2cccc(Cl)c2Cl)c1=O. The lowest BCUT2D eigenvalue weighted by Crippen LogP contribution is -2.61. The minimum atomic E-state index is -0.971. The minimum absolute atomic E-state index is 0.00402. The van der Waals surface area contributed by atoms with Gasteiger partial charge >= 0.3 is 6.09 Å². The molecule has 0 aliphatic carbocycles. The predicted molar refractivity (Wildman–Crippen MR) is 133 cm³/mol. The maximum atomic E-state index is 13.1. The summed E-state index contributed by atoms with van der Waals surface area (Å²) in [5, 5.41) is 0.661. The fraction of sp³-hybridized carbons (Fsp3) is 0.429. The molecule has 10 nitrogen and oxygen atoms in total. The molecular weight excluding hydrogens is 503 g/mol. The molecule has 1 saturated heterocycles. The zero-order valence-corrected chi connectivity index (χ0v) is 21.5. The summed E-state index contributed by atoms with van der Waals surface area (Å²) in [6, 6.07) is 4.11. The first kappa shape index (κ1) is 26.0. The highest BCUT2D eigenvalue weighted by molar-refractivity contribution is 7.99. The number of carbonyl (C=O) groups is 2. The number of aromatic nitrogens is 2. The molecule has 4 N–H and O–H groups in total. The monoisotopic (exact) mass is 528 g/mol. The lowest BCUT2D eigenvalue weighted by atomic mass is 10.1. The van der Waals surface area contributed by atoms with Crippen LogP contribution in [0.15, 0.2) is 32.8 Å². The van der Waals surface area contributed by atoms with E-state index in [4.69, 9.17) is 39.4 Å². The van der Waals surface area contributed by atoms with Crippen molar-refractivity contribution >= 4 is 58.7 Å². The predicted octanol–water partition coefficient (Wildman–Crippen LogP) is 2.73. The molecular formula is C21H26Cl2N6O4S. The molecule has 1 aromatic carbocycles.